The summed E-state index contributed by atoms with van der Waals surface area (Å²) in [7, 11) is 1.48. The number of para-hydroxylation sites is 1. The van der Waals surface area contributed by atoms with Gasteiger partial charge >= 0.3 is 5.97 Å². The Hall–Kier alpha value is -2.83. The zero-order valence-corrected chi connectivity index (χ0v) is 12.6. The fourth-order valence-corrected chi connectivity index (χ4v) is 2.57. The summed E-state index contributed by atoms with van der Waals surface area (Å²) in [5, 5.41) is 15.9. The van der Waals surface area contributed by atoms with Crippen molar-refractivity contribution in [3.63, 3.8) is 0 Å². The Morgan fingerprint density at radius 1 is 1.30 bits per heavy atom. The van der Waals surface area contributed by atoms with Gasteiger partial charge in [0.15, 0.2) is 11.4 Å². The number of nitrogens with zero attached hydrogens (tertiary/aromatic N) is 2. The number of aliphatic carboxylic acids is 1. The Morgan fingerprint density at radius 3 is 2.61 bits per heavy atom. The summed E-state index contributed by atoms with van der Waals surface area (Å²) in [5.74, 6) is -1.17. The average Bonchev–Trinajstić information content (AvgIpc) is 2.95. The van der Waals surface area contributed by atoms with Gasteiger partial charge in [0, 0.05) is 6.04 Å². The van der Waals surface area contributed by atoms with Gasteiger partial charge < -0.3 is 15.2 Å². The summed E-state index contributed by atoms with van der Waals surface area (Å²) in [5.41, 5.74) is 1.01. The fourth-order valence-electron chi connectivity index (χ4n) is 2.57. The maximum Gasteiger partial charge on any atom is 0.306 e. The number of carbonyl (C=O) groups is 2. The Kier molecular flexibility index (Phi) is 4.01. The predicted molar refractivity (Wildman–Crippen MR) is 81.7 cm³/mol. The van der Waals surface area contributed by atoms with Crippen LogP contribution < -0.4 is 10.1 Å². The maximum atomic E-state index is 12.3. The first-order valence-electron chi connectivity index (χ1n) is 7.31. The van der Waals surface area contributed by atoms with Crippen LogP contribution in [0.2, 0.25) is 0 Å². The standard InChI is InChI=1S/C16H17N3O4/c1-23-13-9-19(12-5-3-2-4-6-12)18-14(13)15(20)17-11-7-10(8-11)16(21)22/h2-6,9-11H,7-8H2,1H3,(H,17,20)(H,21,22). The summed E-state index contributed by atoms with van der Waals surface area (Å²) in [6, 6.07) is 9.27. The van der Waals surface area contributed by atoms with E-state index in [0.717, 1.165) is 5.69 Å². The monoisotopic (exact) mass is 315 g/mol. The molecule has 1 aliphatic rings. The van der Waals surface area contributed by atoms with Gasteiger partial charge in [-0.3, -0.25) is 9.59 Å². The summed E-state index contributed by atoms with van der Waals surface area (Å²) in [6.45, 7) is 0. The molecule has 120 valence electrons. The van der Waals surface area contributed by atoms with E-state index in [1.807, 2.05) is 30.3 Å². The highest BCUT2D eigenvalue weighted by Crippen LogP contribution is 2.28. The molecule has 0 unspecified atom stereocenters. The smallest absolute Gasteiger partial charge is 0.306 e. The lowest BCUT2D eigenvalue weighted by Crippen LogP contribution is -2.46. The minimum atomic E-state index is -0.818. The quantitative estimate of drug-likeness (QED) is 0.871. The number of methoxy groups -OCH3 is 1. The van der Waals surface area contributed by atoms with Gasteiger partial charge in [-0.25, -0.2) is 4.68 Å². The molecule has 3 rings (SSSR count). The Bertz CT molecular complexity index is 720. The molecular formula is C16H17N3O4. The van der Waals surface area contributed by atoms with Gasteiger partial charge in [-0.2, -0.15) is 5.10 Å². The Labute approximate surface area is 132 Å². The van der Waals surface area contributed by atoms with Crippen LogP contribution in [0.25, 0.3) is 5.69 Å². The lowest BCUT2D eigenvalue weighted by molar-refractivity contribution is -0.145. The SMILES string of the molecule is COc1cn(-c2ccccc2)nc1C(=O)NC1CC(C(=O)O)C1. The fraction of sp³-hybridized carbons (Fsp3) is 0.312. The van der Waals surface area contributed by atoms with E-state index < -0.39 is 5.97 Å². The topological polar surface area (TPSA) is 93.5 Å². The van der Waals surface area contributed by atoms with E-state index in [1.165, 1.54) is 7.11 Å². The molecule has 0 bridgehead atoms. The molecule has 0 atom stereocenters. The molecule has 1 aromatic heterocycles. The molecule has 0 aliphatic heterocycles. The van der Waals surface area contributed by atoms with Gasteiger partial charge in [0.25, 0.3) is 5.91 Å². The zero-order chi connectivity index (χ0) is 16.4. The molecule has 7 nitrogen and oxygen atoms in total. The molecule has 1 fully saturated rings. The van der Waals surface area contributed by atoms with Crippen LogP contribution in [-0.2, 0) is 4.79 Å². The molecule has 0 saturated heterocycles. The molecule has 7 heteroatoms. The number of ether oxygens (including phenoxy) is 1. The van der Waals surface area contributed by atoms with E-state index in [1.54, 1.807) is 10.9 Å². The van der Waals surface area contributed by atoms with E-state index in [9.17, 15) is 9.59 Å². The van der Waals surface area contributed by atoms with E-state index in [-0.39, 0.29) is 23.6 Å². The Balaban J connectivity index is 1.73. The van der Waals surface area contributed by atoms with Crippen molar-refractivity contribution in [2.45, 2.75) is 18.9 Å². The Morgan fingerprint density at radius 2 is 2.00 bits per heavy atom. The molecule has 1 saturated carbocycles. The molecular weight excluding hydrogens is 298 g/mol. The van der Waals surface area contributed by atoms with Crippen LogP contribution in [0.4, 0.5) is 0 Å². The number of aromatic nitrogens is 2. The van der Waals surface area contributed by atoms with Crippen molar-refractivity contribution in [2.24, 2.45) is 5.92 Å². The van der Waals surface area contributed by atoms with Crippen LogP contribution >= 0.6 is 0 Å². The summed E-state index contributed by atoms with van der Waals surface area (Å²) >= 11 is 0. The third kappa shape index (κ3) is 3.03. The van der Waals surface area contributed by atoms with Crippen molar-refractivity contribution >= 4 is 11.9 Å². The molecule has 2 N–H and O–H groups in total. The normalized spacial score (nSPS) is 19.7. The lowest BCUT2D eigenvalue weighted by atomic mass is 9.80. The number of carboxylic acid groups (broad SMARTS) is 1. The third-order valence-electron chi connectivity index (χ3n) is 3.96. The van der Waals surface area contributed by atoms with Gasteiger partial charge in [0.2, 0.25) is 0 Å². The van der Waals surface area contributed by atoms with Crippen molar-refractivity contribution < 1.29 is 19.4 Å². The summed E-state index contributed by atoms with van der Waals surface area (Å²) < 4.78 is 6.80. The molecule has 0 radical (unpaired) electrons. The molecule has 1 amide bonds. The summed E-state index contributed by atoms with van der Waals surface area (Å²) in [4.78, 5) is 23.1. The maximum absolute atomic E-state index is 12.3. The molecule has 1 heterocycles. The second-order valence-corrected chi connectivity index (χ2v) is 5.50. The van der Waals surface area contributed by atoms with Crippen LogP contribution in [0.5, 0.6) is 5.75 Å². The number of nitrogens with one attached hydrogen (secondary N) is 1. The van der Waals surface area contributed by atoms with Gasteiger partial charge in [-0.1, -0.05) is 18.2 Å². The minimum Gasteiger partial charge on any atom is -0.493 e. The first-order valence-corrected chi connectivity index (χ1v) is 7.31. The molecule has 1 aliphatic carbocycles. The first-order chi connectivity index (χ1) is 11.1. The largest absolute Gasteiger partial charge is 0.493 e. The van der Waals surface area contributed by atoms with Gasteiger partial charge in [-0.15, -0.1) is 0 Å². The number of rotatable bonds is 5. The number of hydrogen-bond acceptors (Lipinski definition) is 4. The highest BCUT2D eigenvalue weighted by atomic mass is 16.5. The van der Waals surface area contributed by atoms with Crippen LogP contribution in [0.15, 0.2) is 36.5 Å². The van der Waals surface area contributed by atoms with Crippen molar-refractivity contribution in [3.05, 3.63) is 42.2 Å². The minimum absolute atomic E-state index is 0.129. The van der Waals surface area contributed by atoms with Crippen LogP contribution in [0.1, 0.15) is 23.3 Å². The van der Waals surface area contributed by atoms with E-state index in [0.29, 0.717) is 18.6 Å². The number of carbonyl (C=O) groups excluding carboxylic acids is 1. The van der Waals surface area contributed by atoms with Crippen LogP contribution in [-0.4, -0.2) is 39.9 Å². The second-order valence-electron chi connectivity index (χ2n) is 5.50. The number of amides is 1. The van der Waals surface area contributed by atoms with Crippen molar-refractivity contribution in [2.75, 3.05) is 7.11 Å². The number of hydrogen-bond donors (Lipinski definition) is 2. The predicted octanol–water partition coefficient (Wildman–Crippen LogP) is 1.47. The number of benzene rings is 1. The van der Waals surface area contributed by atoms with Crippen molar-refractivity contribution in [1.82, 2.24) is 15.1 Å². The van der Waals surface area contributed by atoms with E-state index in [4.69, 9.17) is 9.84 Å². The van der Waals surface area contributed by atoms with Crippen LogP contribution in [0, 0.1) is 5.92 Å². The van der Waals surface area contributed by atoms with Crippen molar-refractivity contribution in [1.29, 1.82) is 0 Å². The molecule has 2 aromatic rings. The highest BCUT2D eigenvalue weighted by molar-refractivity contribution is 5.95. The molecule has 1 aromatic carbocycles. The van der Waals surface area contributed by atoms with Gasteiger partial charge in [0.1, 0.15) is 0 Å². The zero-order valence-electron chi connectivity index (χ0n) is 12.6. The number of carboxylic acids is 1. The molecule has 23 heavy (non-hydrogen) atoms. The van der Waals surface area contributed by atoms with Gasteiger partial charge in [-0.05, 0) is 25.0 Å². The van der Waals surface area contributed by atoms with Crippen molar-refractivity contribution in [3.8, 4) is 11.4 Å². The molecule has 0 spiro atoms. The summed E-state index contributed by atoms with van der Waals surface area (Å²) in [6.07, 6.45) is 2.54. The lowest BCUT2D eigenvalue weighted by Gasteiger charge is -2.32. The van der Waals surface area contributed by atoms with E-state index >= 15 is 0 Å². The highest BCUT2D eigenvalue weighted by Gasteiger charge is 2.36. The average molecular weight is 315 g/mol. The van der Waals surface area contributed by atoms with Gasteiger partial charge in [0.05, 0.1) is 24.9 Å². The first kappa shape index (κ1) is 15.1. The van der Waals surface area contributed by atoms with Crippen LogP contribution in [0.3, 0.4) is 0 Å². The third-order valence-corrected chi connectivity index (χ3v) is 3.96. The van der Waals surface area contributed by atoms with E-state index in [2.05, 4.69) is 10.4 Å². The second kappa shape index (κ2) is 6.12.